The van der Waals surface area contributed by atoms with Gasteiger partial charge in [-0.15, -0.1) is 0 Å². The first-order valence-electron chi connectivity index (χ1n) is 4.70. The smallest absolute Gasteiger partial charge is 0.252 e. The first kappa shape index (κ1) is 11.5. The fourth-order valence-corrected chi connectivity index (χ4v) is 1.68. The summed E-state index contributed by atoms with van der Waals surface area (Å²) in [6.45, 7) is 4.06. The molecule has 0 fully saturated rings. The van der Waals surface area contributed by atoms with Gasteiger partial charge >= 0.3 is 0 Å². The van der Waals surface area contributed by atoms with Crippen molar-refractivity contribution in [2.24, 2.45) is 0 Å². The summed E-state index contributed by atoms with van der Waals surface area (Å²) in [4.78, 5) is 11.7. The molecule has 2 nitrogen and oxygen atoms in total. The van der Waals surface area contributed by atoms with Gasteiger partial charge in [-0.05, 0) is 48.1 Å². The minimum absolute atomic E-state index is 0.0179. The summed E-state index contributed by atoms with van der Waals surface area (Å²) >= 11 is 2.17. The van der Waals surface area contributed by atoms with Crippen molar-refractivity contribution in [1.29, 1.82) is 0 Å². The Kier molecular flexibility index (Phi) is 4.38. The van der Waals surface area contributed by atoms with Crippen molar-refractivity contribution in [2.45, 2.75) is 26.3 Å². The molecule has 3 heteroatoms. The average Bonchev–Trinajstić information content (AvgIpc) is 2.18. The van der Waals surface area contributed by atoms with E-state index < -0.39 is 0 Å². The first-order valence-corrected chi connectivity index (χ1v) is 5.78. The molecule has 76 valence electrons. The summed E-state index contributed by atoms with van der Waals surface area (Å²) < 4.78 is 0.992. The fraction of sp³-hybridized carbons (Fsp3) is 0.364. The first-order chi connectivity index (χ1) is 6.65. The largest absolute Gasteiger partial charge is 0.350 e. The van der Waals surface area contributed by atoms with Crippen molar-refractivity contribution >= 4 is 28.5 Å². The van der Waals surface area contributed by atoms with Gasteiger partial charge in [0.15, 0.2) is 0 Å². The highest BCUT2D eigenvalue weighted by Crippen LogP contribution is 2.11. The maximum Gasteiger partial charge on any atom is 0.252 e. The molecule has 0 saturated carbocycles. The molecule has 0 unspecified atom stereocenters. The Balaban J connectivity index is 2.75. The minimum Gasteiger partial charge on any atom is -0.350 e. The third-order valence-electron chi connectivity index (χ3n) is 2.11. The zero-order valence-corrected chi connectivity index (χ0v) is 10.5. The summed E-state index contributed by atoms with van der Waals surface area (Å²) in [6.07, 6.45) is 0.954. The molecule has 0 bridgehead atoms. The molecule has 1 aromatic rings. The van der Waals surface area contributed by atoms with Crippen LogP contribution in [0.2, 0.25) is 0 Å². The van der Waals surface area contributed by atoms with Crippen LogP contribution in [0.25, 0.3) is 0 Å². The summed E-state index contributed by atoms with van der Waals surface area (Å²) in [6, 6.07) is 7.83. The van der Waals surface area contributed by atoms with Crippen molar-refractivity contribution in [3.05, 3.63) is 33.4 Å². The minimum atomic E-state index is 0.0179. The molecular weight excluding hydrogens is 289 g/mol. The normalized spacial score (nSPS) is 12.2. The predicted molar refractivity (Wildman–Crippen MR) is 66.4 cm³/mol. The van der Waals surface area contributed by atoms with E-state index in [1.165, 1.54) is 0 Å². The highest BCUT2D eigenvalue weighted by atomic mass is 127. The van der Waals surface area contributed by atoms with E-state index in [0.717, 1.165) is 15.6 Å². The molecule has 0 spiro atoms. The molecule has 0 aliphatic carbocycles. The second-order valence-corrected chi connectivity index (χ2v) is 4.42. The number of carbonyl (C=O) groups is 1. The number of rotatable bonds is 3. The molecule has 0 radical (unpaired) electrons. The maximum absolute atomic E-state index is 11.7. The van der Waals surface area contributed by atoms with Gasteiger partial charge in [0.2, 0.25) is 0 Å². The van der Waals surface area contributed by atoms with Crippen molar-refractivity contribution in [1.82, 2.24) is 5.32 Å². The van der Waals surface area contributed by atoms with Crippen LogP contribution in [-0.2, 0) is 0 Å². The topological polar surface area (TPSA) is 29.1 Å². The van der Waals surface area contributed by atoms with Gasteiger partial charge < -0.3 is 5.32 Å². The van der Waals surface area contributed by atoms with Crippen LogP contribution < -0.4 is 5.32 Å². The molecule has 0 heterocycles. The van der Waals surface area contributed by atoms with Gasteiger partial charge in [0.25, 0.3) is 5.91 Å². The number of hydrogen-bond acceptors (Lipinski definition) is 1. The Labute approximate surface area is 98.2 Å². The molecule has 1 N–H and O–H groups in total. The molecule has 1 amide bonds. The molecule has 1 atom stereocenters. The third-order valence-corrected chi connectivity index (χ3v) is 3.05. The standard InChI is InChI=1S/C11H14INO/c1-3-8(2)13-11(14)9-6-4-5-7-10(9)12/h4-8H,3H2,1-2H3,(H,13,14)/t8-/m1/s1. The zero-order valence-electron chi connectivity index (χ0n) is 8.38. The second kappa shape index (κ2) is 5.34. The maximum atomic E-state index is 11.7. The van der Waals surface area contributed by atoms with Crippen molar-refractivity contribution in [3.8, 4) is 0 Å². The van der Waals surface area contributed by atoms with Crippen molar-refractivity contribution < 1.29 is 4.79 Å². The number of amides is 1. The van der Waals surface area contributed by atoms with E-state index in [9.17, 15) is 4.79 Å². The molecule has 0 aliphatic rings. The lowest BCUT2D eigenvalue weighted by molar-refractivity contribution is 0.0938. The van der Waals surface area contributed by atoms with Gasteiger partial charge in [-0.25, -0.2) is 0 Å². The molecule has 1 rings (SSSR count). The van der Waals surface area contributed by atoms with Crippen LogP contribution in [0.15, 0.2) is 24.3 Å². The molecule has 0 aromatic heterocycles. The highest BCUT2D eigenvalue weighted by Gasteiger charge is 2.10. The summed E-state index contributed by atoms with van der Waals surface area (Å²) in [7, 11) is 0. The van der Waals surface area contributed by atoms with Crippen LogP contribution in [0.1, 0.15) is 30.6 Å². The van der Waals surface area contributed by atoms with Crippen LogP contribution in [0, 0.1) is 3.57 Å². The summed E-state index contributed by atoms with van der Waals surface area (Å²) in [5.74, 6) is 0.0179. The Bertz CT molecular complexity index is 325. The monoisotopic (exact) mass is 303 g/mol. The Hall–Kier alpha value is -0.580. The van der Waals surface area contributed by atoms with Gasteiger partial charge in [0.05, 0.1) is 5.56 Å². The predicted octanol–water partition coefficient (Wildman–Crippen LogP) is 2.82. The van der Waals surface area contributed by atoms with E-state index in [1.807, 2.05) is 31.2 Å². The lowest BCUT2D eigenvalue weighted by Gasteiger charge is -2.11. The number of halogens is 1. The quantitative estimate of drug-likeness (QED) is 0.855. The second-order valence-electron chi connectivity index (χ2n) is 3.26. The third kappa shape index (κ3) is 2.97. The zero-order chi connectivity index (χ0) is 10.6. The van der Waals surface area contributed by atoms with Gasteiger partial charge in [0.1, 0.15) is 0 Å². The number of carbonyl (C=O) groups excluding carboxylic acids is 1. The van der Waals surface area contributed by atoms with Crippen molar-refractivity contribution in [3.63, 3.8) is 0 Å². The number of nitrogens with one attached hydrogen (secondary N) is 1. The van der Waals surface area contributed by atoms with Crippen LogP contribution in [-0.4, -0.2) is 11.9 Å². The van der Waals surface area contributed by atoms with Crippen molar-refractivity contribution in [2.75, 3.05) is 0 Å². The SMILES string of the molecule is CC[C@@H](C)NC(=O)c1ccccc1I. The lowest BCUT2D eigenvalue weighted by Crippen LogP contribution is -2.32. The molecule has 0 saturated heterocycles. The van der Waals surface area contributed by atoms with E-state index in [0.29, 0.717) is 0 Å². The molecule has 0 aliphatic heterocycles. The van der Waals surface area contributed by atoms with E-state index >= 15 is 0 Å². The summed E-state index contributed by atoms with van der Waals surface area (Å²) in [5, 5.41) is 2.94. The van der Waals surface area contributed by atoms with Crippen LogP contribution in [0.5, 0.6) is 0 Å². The van der Waals surface area contributed by atoms with Gasteiger partial charge in [-0.3, -0.25) is 4.79 Å². The van der Waals surface area contributed by atoms with Gasteiger partial charge in [-0.1, -0.05) is 19.1 Å². The van der Waals surface area contributed by atoms with E-state index in [4.69, 9.17) is 0 Å². The summed E-state index contributed by atoms with van der Waals surface area (Å²) in [5.41, 5.74) is 0.758. The van der Waals surface area contributed by atoms with Crippen LogP contribution in [0.4, 0.5) is 0 Å². The van der Waals surface area contributed by atoms with E-state index in [-0.39, 0.29) is 11.9 Å². The Morgan fingerprint density at radius 1 is 1.50 bits per heavy atom. The van der Waals surface area contributed by atoms with Gasteiger partial charge in [-0.2, -0.15) is 0 Å². The van der Waals surface area contributed by atoms with E-state index in [1.54, 1.807) is 0 Å². The van der Waals surface area contributed by atoms with E-state index in [2.05, 4.69) is 34.8 Å². The average molecular weight is 303 g/mol. The Morgan fingerprint density at radius 3 is 2.71 bits per heavy atom. The highest BCUT2D eigenvalue weighted by molar-refractivity contribution is 14.1. The number of benzene rings is 1. The Morgan fingerprint density at radius 2 is 2.14 bits per heavy atom. The lowest BCUT2D eigenvalue weighted by atomic mass is 10.2. The number of hydrogen-bond donors (Lipinski definition) is 1. The van der Waals surface area contributed by atoms with Crippen LogP contribution in [0.3, 0.4) is 0 Å². The molecule has 14 heavy (non-hydrogen) atoms. The molecule has 1 aromatic carbocycles. The van der Waals surface area contributed by atoms with Crippen LogP contribution >= 0.6 is 22.6 Å². The fourth-order valence-electron chi connectivity index (χ4n) is 1.05. The molecular formula is C11H14INO. The van der Waals surface area contributed by atoms with Gasteiger partial charge in [0, 0.05) is 9.61 Å².